The second kappa shape index (κ2) is 11.6. The number of aliphatic imine (C=N–C) groups is 1. The van der Waals surface area contributed by atoms with E-state index in [-0.39, 0.29) is 5.78 Å². The quantitative estimate of drug-likeness (QED) is 0.149. The van der Waals surface area contributed by atoms with Crippen LogP contribution in [0.1, 0.15) is 29.8 Å². The first-order chi connectivity index (χ1) is 20.5. The van der Waals surface area contributed by atoms with Gasteiger partial charge in [-0.15, -0.1) is 0 Å². The van der Waals surface area contributed by atoms with E-state index < -0.39 is 0 Å². The lowest BCUT2D eigenvalue weighted by Gasteiger charge is -2.15. The number of fused-ring (bicyclic) bond motifs is 2. The van der Waals surface area contributed by atoms with Crippen LogP contribution >= 0.6 is 0 Å². The van der Waals surface area contributed by atoms with Crippen molar-refractivity contribution in [2.24, 2.45) is 4.99 Å². The summed E-state index contributed by atoms with van der Waals surface area (Å²) in [7, 11) is 0. The van der Waals surface area contributed by atoms with Gasteiger partial charge in [0.05, 0.1) is 5.70 Å². The van der Waals surface area contributed by atoms with Crippen molar-refractivity contribution in [2.75, 3.05) is 0 Å². The van der Waals surface area contributed by atoms with E-state index in [1.165, 1.54) is 0 Å². The fraction of sp³-hybridized carbons (Fsp3) is 0.0526. The average Bonchev–Trinajstić information content (AvgIpc) is 3.04. The Kier molecular flexibility index (Phi) is 7.35. The minimum atomic E-state index is 0.0179. The molecule has 6 aromatic rings. The molecule has 202 valence electrons. The number of nitrogens with zero attached hydrogens (tertiary/aromatic N) is 3. The molecule has 0 fully saturated rings. The largest absolute Gasteiger partial charge is 0.295 e. The van der Waals surface area contributed by atoms with E-state index in [2.05, 4.69) is 76.1 Å². The van der Waals surface area contributed by atoms with E-state index in [0.29, 0.717) is 17.1 Å². The van der Waals surface area contributed by atoms with E-state index in [1.807, 2.05) is 61.5 Å². The van der Waals surface area contributed by atoms with Gasteiger partial charge < -0.3 is 0 Å². The van der Waals surface area contributed by atoms with Crippen molar-refractivity contribution < 1.29 is 4.79 Å². The molecule has 4 heteroatoms. The van der Waals surface area contributed by atoms with Crippen molar-refractivity contribution in [3.63, 3.8) is 0 Å². The zero-order chi connectivity index (χ0) is 29.1. The molecule has 0 atom stereocenters. The minimum absolute atomic E-state index is 0.0179. The van der Waals surface area contributed by atoms with Gasteiger partial charge in [0, 0.05) is 35.3 Å². The van der Waals surface area contributed by atoms with E-state index in [1.54, 1.807) is 25.5 Å². The fourth-order valence-corrected chi connectivity index (χ4v) is 5.42. The molecule has 0 aliphatic heterocycles. The Morgan fingerprint density at radius 2 is 1.26 bits per heavy atom. The van der Waals surface area contributed by atoms with E-state index >= 15 is 0 Å². The molecule has 0 aliphatic carbocycles. The highest BCUT2D eigenvalue weighted by Crippen LogP contribution is 2.39. The Morgan fingerprint density at radius 3 is 1.88 bits per heavy atom. The molecule has 4 nitrogen and oxygen atoms in total. The lowest BCUT2D eigenvalue weighted by Crippen LogP contribution is -1.96. The van der Waals surface area contributed by atoms with Crippen LogP contribution in [0.3, 0.4) is 0 Å². The van der Waals surface area contributed by atoms with Crippen molar-refractivity contribution in [1.29, 1.82) is 0 Å². The summed E-state index contributed by atoms with van der Waals surface area (Å²) in [4.78, 5) is 26.3. The molecule has 1 aromatic heterocycles. The summed E-state index contributed by atoms with van der Waals surface area (Å²) in [6.45, 7) is 7.78. The molecule has 42 heavy (non-hydrogen) atoms. The maximum atomic E-state index is 12.8. The number of benzene rings is 5. The van der Waals surface area contributed by atoms with Gasteiger partial charge in [-0.25, -0.2) is 9.97 Å². The molecule has 1 heterocycles. The van der Waals surface area contributed by atoms with E-state index in [0.717, 1.165) is 54.9 Å². The van der Waals surface area contributed by atoms with Crippen LogP contribution in [-0.2, 0) is 0 Å². The number of hydrogen-bond acceptors (Lipinski definition) is 4. The van der Waals surface area contributed by atoms with Crippen LogP contribution in [0, 0.1) is 0 Å². The Morgan fingerprint density at radius 1 is 0.714 bits per heavy atom. The third-order valence-corrected chi connectivity index (χ3v) is 7.44. The molecule has 0 saturated carbocycles. The number of ketones is 1. The lowest BCUT2D eigenvalue weighted by atomic mass is 9.89. The van der Waals surface area contributed by atoms with Crippen LogP contribution in [0.5, 0.6) is 0 Å². The topological polar surface area (TPSA) is 55.2 Å². The summed E-state index contributed by atoms with van der Waals surface area (Å²) in [5, 5.41) is 4.27. The standard InChI is InChI=1S/C38H29N3O/c1-4-5-19-39-25(2)30-15-16-31(34-12-7-6-11-33(30)34)28-22-27(26(3)42)23-29(24-28)32-17-18-37(38-40-20-10-21-41-38)36-14-9-8-13-35(32)36/h4-24H,2H2,1,3H3/b5-4-,39-19-. The molecule has 0 spiro atoms. The van der Waals surface area contributed by atoms with Gasteiger partial charge in [0.15, 0.2) is 11.6 Å². The lowest BCUT2D eigenvalue weighted by molar-refractivity contribution is 0.101. The predicted molar refractivity (Wildman–Crippen MR) is 176 cm³/mol. The second-order valence-electron chi connectivity index (χ2n) is 10.1. The monoisotopic (exact) mass is 543 g/mol. The summed E-state index contributed by atoms with van der Waals surface area (Å²) in [6.07, 6.45) is 9.09. The Hall–Kier alpha value is -5.48. The first-order valence-electron chi connectivity index (χ1n) is 13.9. The SMILES string of the molecule is C=C(/N=C\C=C/C)c1ccc(-c2cc(C(C)=O)cc(-c3ccc(-c4ncccn4)c4ccccc34)c2)c2ccccc12. The Balaban J connectivity index is 1.55. The molecule has 0 bridgehead atoms. The van der Waals surface area contributed by atoms with Gasteiger partial charge in [0.2, 0.25) is 0 Å². The van der Waals surface area contributed by atoms with Crippen LogP contribution in [0.15, 0.2) is 133 Å². The van der Waals surface area contributed by atoms with Crippen molar-refractivity contribution in [3.8, 4) is 33.6 Å². The molecule has 0 aliphatic rings. The number of aromatic nitrogens is 2. The summed E-state index contributed by atoms with van der Waals surface area (Å²) < 4.78 is 0. The average molecular weight is 544 g/mol. The summed E-state index contributed by atoms with van der Waals surface area (Å²) in [6, 6.07) is 32.8. The minimum Gasteiger partial charge on any atom is -0.295 e. The van der Waals surface area contributed by atoms with Crippen LogP contribution in [0.4, 0.5) is 0 Å². The number of Topliss-reactive ketones (excluding diaryl/α,β-unsaturated/α-hetero) is 1. The van der Waals surface area contributed by atoms with Crippen molar-refractivity contribution in [3.05, 3.63) is 139 Å². The highest BCUT2D eigenvalue weighted by Gasteiger charge is 2.16. The molecular weight excluding hydrogens is 514 g/mol. The molecule has 0 amide bonds. The van der Waals surface area contributed by atoms with Crippen LogP contribution in [0.25, 0.3) is 60.9 Å². The number of carbonyl (C=O) groups excluding carboxylic acids is 1. The van der Waals surface area contributed by atoms with Gasteiger partial charge in [0.1, 0.15) is 0 Å². The third-order valence-electron chi connectivity index (χ3n) is 7.44. The molecule has 0 N–H and O–H groups in total. The van der Waals surface area contributed by atoms with Crippen molar-refractivity contribution >= 4 is 39.2 Å². The highest BCUT2D eigenvalue weighted by molar-refractivity contribution is 6.08. The van der Waals surface area contributed by atoms with E-state index in [9.17, 15) is 4.79 Å². The van der Waals surface area contributed by atoms with Crippen LogP contribution in [0.2, 0.25) is 0 Å². The van der Waals surface area contributed by atoms with Gasteiger partial charge in [0.25, 0.3) is 0 Å². The summed E-state index contributed by atoms with van der Waals surface area (Å²) in [5.41, 5.74) is 7.34. The van der Waals surface area contributed by atoms with Gasteiger partial charge in [-0.05, 0) is 94.1 Å². The molecule has 0 radical (unpaired) electrons. The highest BCUT2D eigenvalue weighted by atomic mass is 16.1. The zero-order valence-electron chi connectivity index (χ0n) is 23.6. The van der Waals surface area contributed by atoms with Gasteiger partial charge in [-0.2, -0.15) is 0 Å². The van der Waals surface area contributed by atoms with Gasteiger partial charge in [-0.1, -0.05) is 79.4 Å². The first kappa shape index (κ1) is 26.7. The number of carbonyl (C=O) groups is 1. The van der Waals surface area contributed by atoms with Crippen LogP contribution < -0.4 is 0 Å². The molecule has 0 saturated heterocycles. The van der Waals surface area contributed by atoms with Crippen LogP contribution in [-0.4, -0.2) is 22.0 Å². The summed E-state index contributed by atoms with van der Waals surface area (Å²) >= 11 is 0. The smallest absolute Gasteiger partial charge is 0.159 e. The molecular formula is C38H29N3O. The molecule has 0 unspecified atom stereocenters. The zero-order valence-corrected chi connectivity index (χ0v) is 23.6. The maximum absolute atomic E-state index is 12.8. The van der Waals surface area contributed by atoms with Crippen molar-refractivity contribution in [2.45, 2.75) is 13.8 Å². The van der Waals surface area contributed by atoms with E-state index in [4.69, 9.17) is 0 Å². The molecule has 6 rings (SSSR count). The Bertz CT molecular complexity index is 2040. The summed E-state index contributed by atoms with van der Waals surface area (Å²) in [5.74, 6) is 0.700. The van der Waals surface area contributed by atoms with Crippen molar-refractivity contribution in [1.82, 2.24) is 9.97 Å². The third kappa shape index (κ3) is 5.06. The number of hydrogen-bond donors (Lipinski definition) is 0. The maximum Gasteiger partial charge on any atom is 0.159 e. The van der Waals surface area contributed by atoms with Gasteiger partial charge >= 0.3 is 0 Å². The predicted octanol–water partition coefficient (Wildman–Crippen LogP) is 9.60. The number of rotatable bonds is 7. The molecule has 5 aromatic carbocycles. The van der Waals surface area contributed by atoms with Gasteiger partial charge in [-0.3, -0.25) is 9.79 Å². The second-order valence-corrected chi connectivity index (χ2v) is 10.1. The Labute approximate surface area is 245 Å². The normalized spacial score (nSPS) is 11.6. The number of allylic oxidation sites excluding steroid dienone is 2. The first-order valence-corrected chi connectivity index (χ1v) is 13.9. The fourth-order valence-electron chi connectivity index (χ4n) is 5.42.